The van der Waals surface area contributed by atoms with E-state index in [-0.39, 0.29) is 18.6 Å². The third kappa shape index (κ3) is 4.69. The minimum atomic E-state index is -0.153. The van der Waals surface area contributed by atoms with Crippen LogP contribution in [0.2, 0.25) is 0 Å². The normalized spacial score (nSPS) is 17.9. The van der Waals surface area contributed by atoms with Crippen molar-refractivity contribution >= 4 is 11.6 Å². The Hall–Kier alpha value is -1.83. The molecule has 1 heterocycles. The van der Waals surface area contributed by atoms with Gasteiger partial charge < -0.3 is 15.2 Å². The van der Waals surface area contributed by atoms with Gasteiger partial charge in [-0.05, 0) is 43.5 Å². The van der Waals surface area contributed by atoms with E-state index in [1.54, 1.807) is 12.1 Å². The van der Waals surface area contributed by atoms with Crippen LogP contribution in [-0.2, 0) is 9.53 Å². The fourth-order valence-corrected chi connectivity index (χ4v) is 2.17. The summed E-state index contributed by atoms with van der Waals surface area (Å²) in [5.41, 5.74) is 1.56. The number of benzene rings is 1. The number of hydrogen-bond donors (Lipinski definition) is 2. The van der Waals surface area contributed by atoms with Gasteiger partial charge >= 0.3 is 0 Å². The van der Waals surface area contributed by atoms with Crippen molar-refractivity contribution in [2.45, 2.75) is 31.8 Å². The monoisotopic (exact) mass is 273 g/mol. The van der Waals surface area contributed by atoms with Crippen LogP contribution in [0.25, 0.3) is 0 Å². The van der Waals surface area contributed by atoms with Gasteiger partial charge in [0.25, 0.3) is 0 Å². The number of nitrogens with one attached hydrogen (secondary N) is 1. The third-order valence-electron chi connectivity index (χ3n) is 3.17. The zero-order valence-electron chi connectivity index (χ0n) is 11.4. The van der Waals surface area contributed by atoms with Gasteiger partial charge in [-0.3, -0.25) is 4.79 Å². The molecular weight excluding hydrogens is 254 g/mol. The zero-order valence-corrected chi connectivity index (χ0v) is 11.4. The van der Waals surface area contributed by atoms with Crippen molar-refractivity contribution in [3.8, 4) is 11.8 Å². The molecule has 0 aromatic heterocycles. The summed E-state index contributed by atoms with van der Waals surface area (Å²) in [5.74, 6) is 5.37. The second kappa shape index (κ2) is 7.68. The summed E-state index contributed by atoms with van der Waals surface area (Å²) >= 11 is 0. The Kier molecular flexibility index (Phi) is 5.60. The first-order valence-corrected chi connectivity index (χ1v) is 6.89. The Balaban J connectivity index is 1.84. The van der Waals surface area contributed by atoms with Gasteiger partial charge in [-0.25, -0.2) is 0 Å². The number of carbonyl (C=O) groups is 1. The lowest BCUT2D eigenvalue weighted by Crippen LogP contribution is -2.25. The maximum absolute atomic E-state index is 11.9. The predicted molar refractivity (Wildman–Crippen MR) is 77.2 cm³/mol. The summed E-state index contributed by atoms with van der Waals surface area (Å²) in [6.07, 6.45) is 3.65. The van der Waals surface area contributed by atoms with E-state index in [4.69, 9.17) is 9.84 Å². The summed E-state index contributed by atoms with van der Waals surface area (Å²) in [6.45, 7) is 0.607. The predicted octanol–water partition coefficient (Wildman–Crippen LogP) is 1.93. The van der Waals surface area contributed by atoms with Crippen molar-refractivity contribution in [1.29, 1.82) is 0 Å². The molecule has 106 valence electrons. The zero-order chi connectivity index (χ0) is 14.2. The molecule has 1 unspecified atom stereocenters. The van der Waals surface area contributed by atoms with Crippen LogP contribution in [0.5, 0.6) is 0 Å². The molecule has 0 spiro atoms. The molecule has 1 aliphatic rings. The molecule has 4 nitrogen and oxygen atoms in total. The summed E-state index contributed by atoms with van der Waals surface area (Å²) in [4.78, 5) is 11.9. The van der Waals surface area contributed by atoms with E-state index in [9.17, 15) is 4.79 Å². The largest absolute Gasteiger partial charge is 0.384 e. The average Bonchev–Trinajstić information content (AvgIpc) is 2.47. The highest BCUT2D eigenvalue weighted by Gasteiger charge is 2.17. The fraction of sp³-hybridized carbons (Fsp3) is 0.438. The third-order valence-corrected chi connectivity index (χ3v) is 3.17. The lowest BCUT2D eigenvalue weighted by atomic mass is 10.1. The van der Waals surface area contributed by atoms with E-state index in [2.05, 4.69) is 17.2 Å². The van der Waals surface area contributed by atoms with Crippen LogP contribution in [0.3, 0.4) is 0 Å². The van der Waals surface area contributed by atoms with Gasteiger partial charge in [0.15, 0.2) is 0 Å². The highest BCUT2D eigenvalue weighted by molar-refractivity contribution is 5.91. The molecule has 1 saturated heterocycles. The van der Waals surface area contributed by atoms with Crippen molar-refractivity contribution < 1.29 is 14.6 Å². The molecule has 20 heavy (non-hydrogen) atoms. The van der Waals surface area contributed by atoms with E-state index in [0.29, 0.717) is 6.42 Å². The maximum atomic E-state index is 11.9. The van der Waals surface area contributed by atoms with Gasteiger partial charge in [0, 0.05) is 17.9 Å². The molecule has 2 N–H and O–H groups in total. The summed E-state index contributed by atoms with van der Waals surface area (Å²) in [5, 5.41) is 11.5. The minimum absolute atomic E-state index is 0.0221. The number of anilines is 1. The standard InChI is InChI=1S/C16H19NO3/c18-10-3-4-13-6-8-14(9-7-13)17-16(19)12-15-5-1-2-11-20-15/h6-9,15,18H,1-2,5,10-12H2,(H,17,19). The highest BCUT2D eigenvalue weighted by Crippen LogP contribution is 2.16. The number of rotatable bonds is 3. The Morgan fingerprint density at radius 2 is 2.15 bits per heavy atom. The lowest BCUT2D eigenvalue weighted by molar-refractivity contribution is -0.119. The Morgan fingerprint density at radius 1 is 1.35 bits per heavy atom. The van der Waals surface area contributed by atoms with Crippen LogP contribution < -0.4 is 5.32 Å². The highest BCUT2D eigenvalue weighted by atomic mass is 16.5. The molecule has 2 rings (SSSR count). The molecule has 0 aliphatic carbocycles. The first-order valence-electron chi connectivity index (χ1n) is 6.89. The number of aliphatic hydroxyl groups is 1. The molecule has 0 bridgehead atoms. The van der Waals surface area contributed by atoms with Crippen LogP contribution in [-0.4, -0.2) is 30.3 Å². The van der Waals surface area contributed by atoms with Crippen LogP contribution >= 0.6 is 0 Å². The minimum Gasteiger partial charge on any atom is -0.384 e. The van der Waals surface area contributed by atoms with Crippen LogP contribution in [0.15, 0.2) is 24.3 Å². The van der Waals surface area contributed by atoms with Crippen LogP contribution in [0.1, 0.15) is 31.2 Å². The topological polar surface area (TPSA) is 58.6 Å². The number of hydrogen-bond acceptors (Lipinski definition) is 3. The second-order valence-corrected chi connectivity index (χ2v) is 4.78. The van der Waals surface area contributed by atoms with Gasteiger partial charge in [-0.1, -0.05) is 11.8 Å². The summed E-state index contributed by atoms with van der Waals surface area (Å²) < 4.78 is 5.55. The van der Waals surface area contributed by atoms with Crippen molar-refractivity contribution in [2.24, 2.45) is 0 Å². The van der Waals surface area contributed by atoms with E-state index in [0.717, 1.165) is 37.1 Å². The molecular formula is C16H19NO3. The van der Waals surface area contributed by atoms with Crippen molar-refractivity contribution in [3.63, 3.8) is 0 Å². The average molecular weight is 273 g/mol. The summed E-state index contributed by atoms with van der Waals surface area (Å²) in [7, 11) is 0. The van der Waals surface area contributed by atoms with Crippen molar-refractivity contribution in [3.05, 3.63) is 29.8 Å². The SMILES string of the molecule is O=C(CC1CCCCO1)Nc1ccc(C#CCO)cc1. The van der Waals surface area contributed by atoms with Crippen molar-refractivity contribution in [1.82, 2.24) is 0 Å². The Morgan fingerprint density at radius 3 is 2.80 bits per heavy atom. The smallest absolute Gasteiger partial charge is 0.226 e. The molecule has 1 amide bonds. The first kappa shape index (κ1) is 14.6. The van der Waals surface area contributed by atoms with Gasteiger partial charge in [0.1, 0.15) is 6.61 Å². The molecule has 1 aliphatic heterocycles. The Bertz CT molecular complexity index is 493. The van der Waals surface area contributed by atoms with E-state index < -0.39 is 0 Å². The molecule has 1 aromatic rings. The quantitative estimate of drug-likeness (QED) is 0.827. The van der Waals surface area contributed by atoms with E-state index >= 15 is 0 Å². The van der Waals surface area contributed by atoms with Gasteiger partial charge in [0.2, 0.25) is 5.91 Å². The molecule has 0 radical (unpaired) electrons. The van der Waals surface area contributed by atoms with E-state index in [1.807, 2.05) is 12.1 Å². The van der Waals surface area contributed by atoms with Crippen molar-refractivity contribution in [2.75, 3.05) is 18.5 Å². The van der Waals surface area contributed by atoms with E-state index in [1.165, 1.54) is 0 Å². The van der Waals surface area contributed by atoms with Crippen LogP contribution in [0, 0.1) is 11.8 Å². The molecule has 0 saturated carbocycles. The number of amides is 1. The lowest BCUT2D eigenvalue weighted by Gasteiger charge is -2.21. The van der Waals surface area contributed by atoms with Crippen LogP contribution in [0.4, 0.5) is 5.69 Å². The van der Waals surface area contributed by atoms with Gasteiger partial charge in [0.05, 0.1) is 12.5 Å². The molecule has 1 atom stereocenters. The van der Waals surface area contributed by atoms with Gasteiger partial charge in [-0.2, -0.15) is 0 Å². The fourth-order valence-electron chi connectivity index (χ4n) is 2.17. The first-order chi connectivity index (χ1) is 9.78. The number of ether oxygens (including phenoxy) is 1. The molecule has 1 aromatic carbocycles. The Labute approximate surface area is 119 Å². The molecule has 4 heteroatoms. The molecule has 1 fully saturated rings. The number of carbonyl (C=O) groups excluding carboxylic acids is 1. The summed E-state index contributed by atoms with van der Waals surface area (Å²) in [6, 6.07) is 7.24. The second-order valence-electron chi connectivity index (χ2n) is 4.78. The number of aliphatic hydroxyl groups excluding tert-OH is 1. The van der Waals surface area contributed by atoms with Gasteiger partial charge in [-0.15, -0.1) is 0 Å². The maximum Gasteiger partial charge on any atom is 0.226 e.